The van der Waals surface area contributed by atoms with Gasteiger partial charge in [0, 0.05) is 18.9 Å². The summed E-state index contributed by atoms with van der Waals surface area (Å²) in [5.74, 6) is 0.616. The molecule has 0 aliphatic heterocycles. The minimum atomic E-state index is 0.398. The molecule has 4 heteroatoms. The van der Waals surface area contributed by atoms with E-state index in [9.17, 15) is 0 Å². The molecule has 0 spiro atoms. The van der Waals surface area contributed by atoms with Crippen LogP contribution in [0, 0.1) is 6.92 Å². The molecule has 0 radical (unpaired) electrons. The van der Waals surface area contributed by atoms with E-state index in [2.05, 4.69) is 46.5 Å². The van der Waals surface area contributed by atoms with Crippen LogP contribution in [-0.4, -0.2) is 9.97 Å². The van der Waals surface area contributed by atoms with Crippen molar-refractivity contribution in [3.05, 3.63) is 52.9 Å². The molecular weight excluding hydrogens is 222 g/mol. The highest BCUT2D eigenvalue weighted by Crippen LogP contribution is 2.15. The molecule has 2 rings (SSSR count). The molecule has 2 aromatic rings. The van der Waals surface area contributed by atoms with Crippen molar-refractivity contribution in [2.75, 3.05) is 5.32 Å². The van der Waals surface area contributed by atoms with E-state index < -0.39 is 0 Å². The summed E-state index contributed by atoms with van der Waals surface area (Å²) >= 11 is 5.88. The molecule has 0 aliphatic carbocycles. The highest BCUT2D eigenvalue weighted by atomic mass is 35.5. The van der Waals surface area contributed by atoms with Gasteiger partial charge in [0.15, 0.2) is 11.0 Å². The lowest BCUT2D eigenvalue weighted by Crippen LogP contribution is -2.02. The summed E-state index contributed by atoms with van der Waals surface area (Å²) in [6.07, 6.45) is 3.18. The lowest BCUT2D eigenvalue weighted by Gasteiger charge is -2.06. The fraction of sp³-hybridized carbons (Fsp3) is 0.167. The summed E-state index contributed by atoms with van der Waals surface area (Å²) in [6, 6.07) is 8.31. The quantitative estimate of drug-likeness (QED) is 0.886. The van der Waals surface area contributed by atoms with Gasteiger partial charge >= 0.3 is 0 Å². The number of aryl methyl sites for hydroxylation is 1. The first-order valence-corrected chi connectivity index (χ1v) is 5.39. The van der Waals surface area contributed by atoms with E-state index in [-0.39, 0.29) is 0 Å². The van der Waals surface area contributed by atoms with Crippen LogP contribution >= 0.6 is 11.6 Å². The van der Waals surface area contributed by atoms with Crippen LogP contribution in [0.3, 0.4) is 0 Å². The summed E-state index contributed by atoms with van der Waals surface area (Å²) in [4.78, 5) is 8.05. The Morgan fingerprint density at radius 3 is 2.50 bits per heavy atom. The van der Waals surface area contributed by atoms with Gasteiger partial charge in [-0.2, -0.15) is 0 Å². The van der Waals surface area contributed by atoms with Crippen LogP contribution < -0.4 is 5.32 Å². The maximum atomic E-state index is 5.88. The number of rotatable bonds is 3. The number of anilines is 1. The van der Waals surface area contributed by atoms with Gasteiger partial charge in [0.05, 0.1) is 0 Å². The van der Waals surface area contributed by atoms with E-state index >= 15 is 0 Å². The first-order chi connectivity index (χ1) is 7.75. The van der Waals surface area contributed by atoms with Crippen molar-refractivity contribution in [3.8, 4) is 0 Å². The largest absolute Gasteiger partial charge is 0.363 e. The SMILES string of the molecule is Cc1ccc(CNc2nccnc2Cl)cc1. The van der Waals surface area contributed by atoms with E-state index in [4.69, 9.17) is 11.6 Å². The second-order valence-electron chi connectivity index (χ2n) is 3.53. The van der Waals surface area contributed by atoms with Gasteiger partial charge in [-0.3, -0.25) is 0 Å². The summed E-state index contributed by atoms with van der Waals surface area (Å²) in [6.45, 7) is 2.76. The Bertz CT molecular complexity index is 468. The maximum Gasteiger partial charge on any atom is 0.171 e. The third-order valence-electron chi connectivity index (χ3n) is 2.23. The van der Waals surface area contributed by atoms with Crippen molar-refractivity contribution in [2.24, 2.45) is 0 Å². The molecule has 0 amide bonds. The zero-order valence-corrected chi connectivity index (χ0v) is 9.70. The highest BCUT2D eigenvalue weighted by Gasteiger charge is 2.00. The molecule has 0 saturated heterocycles. The molecule has 0 unspecified atom stereocenters. The summed E-state index contributed by atoms with van der Waals surface area (Å²) in [5, 5.41) is 3.54. The zero-order valence-electron chi connectivity index (χ0n) is 8.94. The van der Waals surface area contributed by atoms with Crippen molar-refractivity contribution in [2.45, 2.75) is 13.5 Å². The van der Waals surface area contributed by atoms with Crippen LogP contribution in [0.15, 0.2) is 36.7 Å². The van der Waals surface area contributed by atoms with E-state index in [1.807, 2.05) is 0 Å². The molecule has 0 saturated carbocycles. The molecule has 1 heterocycles. The Kier molecular flexibility index (Phi) is 3.37. The first-order valence-electron chi connectivity index (χ1n) is 5.01. The van der Waals surface area contributed by atoms with Crippen molar-refractivity contribution in [1.29, 1.82) is 0 Å². The molecule has 0 bridgehead atoms. The van der Waals surface area contributed by atoms with Gasteiger partial charge in [-0.15, -0.1) is 0 Å². The van der Waals surface area contributed by atoms with Crippen molar-refractivity contribution in [1.82, 2.24) is 9.97 Å². The summed E-state index contributed by atoms with van der Waals surface area (Å²) in [5.41, 5.74) is 2.44. The summed E-state index contributed by atoms with van der Waals surface area (Å²) < 4.78 is 0. The van der Waals surface area contributed by atoms with E-state index in [0.29, 0.717) is 17.5 Å². The standard InChI is InChI=1S/C12H12ClN3/c1-9-2-4-10(5-3-9)8-16-12-11(13)14-6-7-15-12/h2-7H,8H2,1H3,(H,15,16). The van der Waals surface area contributed by atoms with Gasteiger partial charge in [-0.1, -0.05) is 41.4 Å². The van der Waals surface area contributed by atoms with E-state index in [0.717, 1.165) is 0 Å². The average molecular weight is 234 g/mol. The molecule has 0 aliphatic rings. The van der Waals surface area contributed by atoms with Crippen LogP contribution in [0.1, 0.15) is 11.1 Å². The number of aromatic nitrogens is 2. The van der Waals surface area contributed by atoms with Gasteiger partial charge in [-0.05, 0) is 12.5 Å². The minimum Gasteiger partial charge on any atom is -0.363 e. The van der Waals surface area contributed by atoms with Gasteiger partial charge in [-0.25, -0.2) is 9.97 Å². The van der Waals surface area contributed by atoms with Gasteiger partial charge in [0.1, 0.15) is 0 Å². The Labute approximate surface area is 99.5 Å². The lowest BCUT2D eigenvalue weighted by atomic mass is 10.1. The lowest BCUT2D eigenvalue weighted by molar-refractivity contribution is 1.08. The predicted molar refractivity (Wildman–Crippen MR) is 65.5 cm³/mol. The number of hydrogen-bond donors (Lipinski definition) is 1. The van der Waals surface area contributed by atoms with Crippen molar-refractivity contribution >= 4 is 17.4 Å². The van der Waals surface area contributed by atoms with Crippen molar-refractivity contribution < 1.29 is 0 Å². The van der Waals surface area contributed by atoms with Gasteiger partial charge < -0.3 is 5.32 Å². The third kappa shape index (κ3) is 2.70. The molecule has 1 aromatic heterocycles. The highest BCUT2D eigenvalue weighted by molar-refractivity contribution is 6.31. The first kappa shape index (κ1) is 10.9. The Balaban J connectivity index is 2.02. The maximum absolute atomic E-state index is 5.88. The van der Waals surface area contributed by atoms with Gasteiger partial charge in [0.25, 0.3) is 0 Å². The molecule has 1 N–H and O–H groups in total. The fourth-order valence-corrected chi connectivity index (χ4v) is 1.50. The van der Waals surface area contributed by atoms with E-state index in [1.165, 1.54) is 11.1 Å². The Morgan fingerprint density at radius 1 is 1.12 bits per heavy atom. The fourth-order valence-electron chi connectivity index (χ4n) is 1.33. The Morgan fingerprint density at radius 2 is 1.81 bits per heavy atom. The summed E-state index contributed by atoms with van der Waals surface area (Å²) in [7, 11) is 0. The topological polar surface area (TPSA) is 37.8 Å². The minimum absolute atomic E-state index is 0.398. The molecular formula is C12H12ClN3. The number of hydrogen-bond acceptors (Lipinski definition) is 3. The second-order valence-corrected chi connectivity index (χ2v) is 3.89. The smallest absolute Gasteiger partial charge is 0.171 e. The van der Waals surface area contributed by atoms with E-state index in [1.54, 1.807) is 12.4 Å². The number of halogens is 1. The third-order valence-corrected chi connectivity index (χ3v) is 2.51. The van der Waals surface area contributed by atoms with Crippen LogP contribution in [0.4, 0.5) is 5.82 Å². The Hall–Kier alpha value is -1.61. The normalized spacial score (nSPS) is 10.1. The molecule has 0 fully saturated rings. The van der Waals surface area contributed by atoms with Gasteiger partial charge in [0.2, 0.25) is 0 Å². The number of nitrogens with one attached hydrogen (secondary N) is 1. The van der Waals surface area contributed by atoms with Crippen LogP contribution in [0.2, 0.25) is 5.15 Å². The molecule has 1 aromatic carbocycles. The molecule has 82 valence electrons. The average Bonchev–Trinajstić information content (AvgIpc) is 2.30. The van der Waals surface area contributed by atoms with Crippen LogP contribution in [0.25, 0.3) is 0 Å². The van der Waals surface area contributed by atoms with Crippen LogP contribution in [0.5, 0.6) is 0 Å². The number of benzene rings is 1. The molecule has 0 atom stereocenters. The predicted octanol–water partition coefficient (Wildman–Crippen LogP) is 3.05. The van der Waals surface area contributed by atoms with Crippen LogP contribution in [-0.2, 0) is 6.54 Å². The number of nitrogens with zero attached hydrogens (tertiary/aromatic N) is 2. The second kappa shape index (κ2) is 4.94. The molecule has 3 nitrogen and oxygen atoms in total. The monoisotopic (exact) mass is 233 g/mol. The molecule has 16 heavy (non-hydrogen) atoms. The van der Waals surface area contributed by atoms with Crippen molar-refractivity contribution in [3.63, 3.8) is 0 Å². The zero-order chi connectivity index (χ0) is 11.4.